The Balaban J connectivity index is 1.74. The summed E-state index contributed by atoms with van der Waals surface area (Å²) in [7, 11) is 0. The maximum Gasteiger partial charge on any atom is 0.451 e. The van der Waals surface area contributed by atoms with E-state index in [2.05, 4.69) is 15.0 Å². The van der Waals surface area contributed by atoms with Crippen LogP contribution in [0, 0.1) is 0 Å². The molecule has 0 aliphatic carbocycles. The Hall–Kier alpha value is -3.17. The van der Waals surface area contributed by atoms with E-state index in [4.69, 9.17) is 9.47 Å². The first-order valence-electron chi connectivity index (χ1n) is 9.22. The van der Waals surface area contributed by atoms with Crippen LogP contribution in [0.1, 0.15) is 38.6 Å². The lowest BCUT2D eigenvalue weighted by Gasteiger charge is -2.29. The second-order valence-corrected chi connectivity index (χ2v) is 7.60. The zero-order chi connectivity index (χ0) is 21.9. The second kappa shape index (κ2) is 8.29. The number of pyridine rings is 1. The minimum absolute atomic E-state index is 0.0368. The molecule has 0 atom stereocenters. The van der Waals surface area contributed by atoms with Crippen molar-refractivity contribution in [1.29, 1.82) is 0 Å². The maximum atomic E-state index is 12.6. The van der Waals surface area contributed by atoms with Crippen molar-refractivity contribution < 1.29 is 27.4 Å². The first-order chi connectivity index (χ1) is 14.0. The molecule has 10 heteroatoms. The molecule has 0 saturated carbocycles. The highest BCUT2D eigenvalue weighted by atomic mass is 19.4. The number of aromatic nitrogens is 3. The molecule has 0 N–H and O–H groups in total. The van der Waals surface area contributed by atoms with Gasteiger partial charge in [-0.15, -0.1) is 0 Å². The van der Waals surface area contributed by atoms with Crippen LogP contribution in [-0.2, 0) is 10.9 Å². The SMILES string of the molecule is CC(C)(C)OC(=O)N1CC=C(c2cccnc2Oc2cnc(C(F)(F)F)nc2)CC1. The van der Waals surface area contributed by atoms with Gasteiger partial charge < -0.3 is 14.4 Å². The molecule has 3 heterocycles. The summed E-state index contributed by atoms with van der Waals surface area (Å²) >= 11 is 0. The minimum atomic E-state index is -4.62. The summed E-state index contributed by atoms with van der Waals surface area (Å²) < 4.78 is 48.8. The fourth-order valence-corrected chi connectivity index (χ4v) is 2.75. The zero-order valence-corrected chi connectivity index (χ0v) is 16.7. The van der Waals surface area contributed by atoms with Crippen molar-refractivity contribution >= 4 is 11.7 Å². The van der Waals surface area contributed by atoms with Gasteiger partial charge in [0.2, 0.25) is 11.7 Å². The van der Waals surface area contributed by atoms with Gasteiger partial charge in [0.05, 0.1) is 12.4 Å². The van der Waals surface area contributed by atoms with Crippen LogP contribution < -0.4 is 4.74 Å². The average molecular weight is 422 g/mol. The molecule has 2 aromatic rings. The molecule has 1 amide bonds. The van der Waals surface area contributed by atoms with Gasteiger partial charge in [0.15, 0.2) is 5.75 Å². The topological polar surface area (TPSA) is 77.4 Å². The molecule has 0 aromatic carbocycles. The van der Waals surface area contributed by atoms with Crippen LogP contribution in [0.2, 0.25) is 0 Å². The first-order valence-corrected chi connectivity index (χ1v) is 9.22. The summed E-state index contributed by atoms with van der Waals surface area (Å²) in [5.74, 6) is -0.985. The lowest BCUT2D eigenvalue weighted by atomic mass is 10.0. The van der Waals surface area contributed by atoms with Crippen molar-refractivity contribution in [2.24, 2.45) is 0 Å². The van der Waals surface area contributed by atoms with Gasteiger partial charge in [0.1, 0.15) is 5.60 Å². The quantitative estimate of drug-likeness (QED) is 0.713. The molecule has 0 radical (unpaired) electrons. The maximum absolute atomic E-state index is 12.6. The molecule has 2 aromatic heterocycles. The molecular weight excluding hydrogens is 401 g/mol. The summed E-state index contributed by atoms with van der Waals surface area (Å²) in [6, 6.07) is 3.52. The molecule has 0 saturated heterocycles. The van der Waals surface area contributed by atoms with Crippen molar-refractivity contribution in [3.63, 3.8) is 0 Å². The van der Waals surface area contributed by atoms with E-state index >= 15 is 0 Å². The first kappa shape index (κ1) is 21.5. The number of hydrogen-bond donors (Lipinski definition) is 0. The van der Waals surface area contributed by atoms with Crippen LogP contribution in [0.3, 0.4) is 0 Å². The van der Waals surface area contributed by atoms with Gasteiger partial charge in [-0.3, -0.25) is 0 Å². The van der Waals surface area contributed by atoms with Crippen LogP contribution in [0.4, 0.5) is 18.0 Å². The van der Waals surface area contributed by atoms with Crippen LogP contribution >= 0.6 is 0 Å². The Bertz CT molecular complexity index is 938. The number of ether oxygens (including phenoxy) is 2. The predicted octanol–water partition coefficient (Wildman–Crippen LogP) is 4.71. The van der Waals surface area contributed by atoms with E-state index in [0.29, 0.717) is 25.1 Å². The van der Waals surface area contributed by atoms with Crippen LogP contribution in [0.15, 0.2) is 36.8 Å². The van der Waals surface area contributed by atoms with Gasteiger partial charge in [0, 0.05) is 24.8 Å². The Morgan fingerprint density at radius 1 is 1.13 bits per heavy atom. The van der Waals surface area contributed by atoms with E-state index < -0.39 is 17.6 Å². The Morgan fingerprint density at radius 2 is 1.83 bits per heavy atom. The smallest absolute Gasteiger partial charge is 0.444 e. The molecule has 0 fully saturated rings. The highest BCUT2D eigenvalue weighted by molar-refractivity contribution is 5.74. The van der Waals surface area contributed by atoms with Gasteiger partial charge in [-0.2, -0.15) is 13.2 Å². The Labute approximate surface area is 171 Å². The highest BCUT2D eigenvalue weighted by Gasteiger charge is 2.34. The minimum Gasteiger partial charge on any atom is -0.444 e. The number of alkyl halides is 3. The average Bonchev–Trinajstić information content (AvgIpc) is 2.67. The molecule has 1 aliphatic rings. The van der Waals surface area contributed by atoms with E-state index in [1.807, 2.05) is 6.08 Å². The van der Waals surface area contributed by atoms with Gasteiger partial charge in [-0.05, 0) is 44.9 Å². The van der Waals surface area contributed by atoms with Crippen LogP contribution in [0.5, 0.6) is 11.6 Å². The fourth-order valence-electron chi connectivity index (χ4n) is 2.75. The molecule has 7 nitrogen and oxygen atoms in total. The summed E-state index contributed by atoms with van der Waals surface area (Å²) in [5, 5.41) is 0. The molecular formula is C20H21F3N4O3. The van der Waals surface area contributed by atoms with Crippen molar-refractivity contribution in [3.8, 4) is 11.6 Å². The largest absolute Gasteiger partial charge is 0.451 e. The van der Waals surface area contributed by atoms with Gasteiger partial charge in [0.25, 0.3) is 0 Å². The molecule has 0 spiro atoms. The molecule has 30 heavy (non-hydrogen) atoms. The molecule has 160 valence electrons. The number of carbonyl (C=O) groups is 1. The summed E-state index contributed by atoms with van der Waals surface area (Å²) in [6.45, 7) is 6.24. The number of nitrogens with zero attached hydrogens (tertiary/aromatic N) is 4. The third-order valence-electron chi connectivity index (χ3n) is 4.07. The van der Waals surface area contributed by atoms with E-state index in [-0.39, 0.29) is 17.7 Å². The number of halogens is 3. The van der Waals surface area contributed by atoms with Crippen molar-refractivity contribution in [2.75, 3.05) is 13.1 Å². The van der Waals surface area contributed by atoms with E-state index in [1.165, 1.54) is 6.20 Å². The Kier molecular flexibility index (Phi) is 5.95. The number of hydrogen-bond acceptors (Lipinski definition) is 6. The summed E-state index contributed by atoms with van der Waals surface area (Å²) in [4.78, 5) is 24.5. The Morgan fingerprint density at radius 3 is 2.40 bits per heavy atom. The van der Waals surface area contributed by atoms with Crippen molar-refractivity contribution in [3.05, 3.63) is 48.2 Å². The lowest BCUT2D eigenvalue weighted by Crippen LogP contribution is -2.39. The molecule has 1 aliphatic heterocycles. The lowest BCUT2D eigenvalue weighted by molar-refractivity contribution is -0.145. The summed E-state index contributed by atoms with van der Waals surface area (Å²) in [5.41, 5.74) is 1.02. The van der Waals surface area contributed by atoms with E-state index in [1.54, 1.807) is 37.8 Å². The normalized spacial score (nSPS) is 14.9. The molecule has 3 rings (SSSR count). The monoisotopic (exact) mass is 422 g/mol. The van der Waals surface area contributed by atoms with E-state index in [9.17, 15) is 18.0 Å². The fraction of sp³-hybridized carbons (Fsp3) is 0.400. The standard InChI is InChI=1S/C20H21F3N4O3/c1-19(2,3)30-18(28)27-9-6-13(7-10-27)15-5-4-8-24-16(15)29-14-11-25-17(26-12-14)20(21,22)23/h4-6,8,11-12H,7,9-10H2,1-3H3. The third kappa shape index (κ3) is 5.46. The number of carbonyl (C=O) groups excluding carboxylic acids is 1. The van der Waals surface area contributed by atoms with Crippen molar-refractivity contribution in [2.45, 2.75) is 39.0 Å². The zero-order valence-electron chi connectivity index (χ0n) is 16.7. The second-order valence-electron chi connectivity index (χ2n) is 7.60. The third-order valence-corrected chi connectivity index (χ3v) is 4.07. The highest BCUT2D eigenvalue weighted by Crippen LogP contribution is 2.32. The van der Waals surface area contributed by atoms with Gasteiger partial charge in [-0.25, -0.2) is 19.7 Å². The van der Waals surface area contributed by atoms with E-state index in [0.717, 1.165) is 18.0 Å². The number of amides is 1. The van der Waals surface area contributed by atoms with Crippen LogP contribution in [0.25, 0.3) is 5.57 Å². The van der Waals surface area contributed by atoms with Gasteiger partial charge in [-0.1, -0.05) is 6.08 Å². The van der Waals surface area contributed by atoms with Crippen LogP contribution in [-0.4, -0.2) is 44.6 Å². The summed E-state index contributed by atoms with van der Waals surface area (Å²) in [6.07, 6.45) is 0.830. The molecule has 0 bridgehead atoms. The molecule has 0 unspecified atom stereocenters. The predicted molar refractivity (Wildman–Crippen MR) is 102 cm³/mol. The number of rotatable bonds is 3. The van der Waals surface area contributed by atoms with Crippen molar-refractivity contribution in [1.82, 2.24) is 19.9 Å². The van der Waals surface area contributed by atoms with Gasteiger partial charge >= 0.3 is 12.3 Å².